The van der Waals surface area contributed by atoms with Crippen LogP contribution in [0.5, 0.6) is 11.5 Å². The van der Waals surface area contributed by atoms with Gasteiger partial charge in [0.15, 0.2) is 5.78 Å². The second kappa shape index (κ2) is 8.46. The Hall–Kier alpha value is -4.07. The summed E-state index contributed by atoms with van der Waals surface area (Å²) in [5, 5.41) is 20.4. The number of ether oxygens (including phenoxy) is 1. The molecule has 0 radical (unpaired) electrons. The fourth-order valence-electron chi connectivity index (χ4n) is 4.39. The molecule has 0 bridgehead atoms. The molecule has 1 aromatic heterocycles. The maximum atomic E-state index is 13.1. The minimum absolute atomic E-state index is 0.0726. The molecule has 2 aliphatic rings. The van der Waals surface area contributed by atoms with E-state index < -0.39 is 6.04 Å². The number of rotatable bonds is 5. The second-order valence-electron chi connectivity index (χ2n) is 8.05. The fraction of sp³-hybridized carbons (Fsp3) is 0.240. The number of phenols is 1. The lowest BCUT2D eigenvalue weighted by Gasteiger charge is -2.33. The highest BCUT2D eigenvalue weighted by atomic mass is 16.5. The zero-order chi connectivity index (χ0) is 22.9. The summed E-state index contributed by atoms with van der Waals surface area (Å²) >= 11 is 0. The molecule has 8 nitrogen and oxygen atoms in total. The van der Waals surface area contributed by atoms with Crippen LogP contribution in [0.25, 0.3) is 0 Å². The number of hydrogen-bond acceptors (Lipinski definition) is 6. The Balaban J connectivity index is 1.50. The molecule has 2 heterocycles. The van der Waals surface area contributed by atoms with Crippen LogP contribution >= 0.6 is 0 Å². The molecule has 1 aliphatic heterocycles. The van der Waals surface area contributed by atoms with Gasteiger partial charge in [0.05, 0.1) is 12.8 Å². The van der Waals surface area contributed by atoms with Gasteiger partial charge in [0.1, 0.15) is 28.9 Å². The average molecular weight is 444 g/mol. The first-order valence-corrected chi connectivity index (χ1v) is 11.0. The van der Waals surface area contributed by atoms with Crippen molar-refractivity contribution < 1.29 is 19.4 Å². The maximum absolute atomic E-state index is 13.1. The van der Waals surface area contributed by atoms with Crippen molar-refractivity contribution in [2.75, 3.05) is 17.2 Å². The lowest BCUT2D eigenvalue weighted by atomic mass is 9.85. The molecule has 0 saturated carbocycles. The first kappa shape index (κ1) is 20.8. The number of phenolic OH excluding ortho intramolecular Hbond substituents is 1. The maximum Gasteiger partial charge on any atom is 0.261 e. The molecule has 168 valence electrons. The Morgan fingerprint density at radius 3 is 2.67 bits per heavy atom. The predicted molar refractivity (Wildman–Crippen MR) is 124 cm³/mol. The number of nitrogens with zero attached hydrogens (tertiary/aromatic N) is 2. The Morgan fingerprint density at radius 2 is 1.94 bits per heavy atom. The van der Waals surface area contributed by atoms with Crippen molar-refractivity contribution >= 4 is 23.2 Å². The van der Waals surface area contributed by atoms with E-state index in [4.69, 9.17) is 4.74 Å². The van der Waals surface area contributed by atoms with Crippen molar-refractivity contribution in [3.8, 4) is 11.5 Å². The number of hydrogen-bond donors (Lipinski definition) is 3. The van der Waals surface area contributed by atoms with Crippen molar-refractivity contribution in [1.29, 1.82) is 0 Å². The third kappa shape index (κ3) is 3.84. The van der Waals surface area contributed by atoms with E-state index in [-0.39, 0.29) is 17.4 Å². The molecule has 0 unspecified atom stereocenters. The van der Waals surface area contributed by atoms with E-state index in [1.54, 1.807) is 53.2 Å². The number of Topliss-reactive ketones (excluding diaryl/α,β-unsaturated/α-hetero) is 1. The molecule has 3 N–H and O–H groups in total. The topological polar surface area (TPSA) is 105 Å². The van der Waals surface area contributed by atoms with Crippen LogP contribution in [0.1, 0.15) is 48.1 Å². The molecule has 33 heavy (non-hydrogen) atoms. The fourth-order valence-corrected chi connectivity index (χ4v) is 4.39. The predicted octanol–water partition coefficient (Wildman–Crippen LogP) is 4.26. The highest BCUT2D eigenvalue weighted by Gasteiger charge is 2.37. The number of allylic oxidation sites excluding steroid dienone is 2. The molecule has 3 aromatic rings. The average Bonchev–Trinajstić information content (AvgIpc) is 3.24. The molecular formula is C25H24N4O4. The molecule has 5 rings (SSSR count). The summed E-state index contributed by atoms with van der Waals surface area (Å²) in [7, 11) is 0. The SMILES string of the molecule is CCOc1ccc(NC(=O)c2cnn3c2NC2=C(C(=O)CCC2)[C@H]3c2ccc(O)cc2)cc1. The van der Waals surface area contributed by atoms with E-state index in [0.29, 0.717) is 35.7 Å². The number of aromatic hydroxyl groups is 1. The third-order valence-corrected chi connectivity index (χ3v) is 5.92. The van der Waals surface area contributed by atoms with Crippen LogP contribution in [-0.2, 0) is 4.79 Å². The summed E-state index contributed by atoms with van der Waals surface area (Å²) in [5.41, 5.74) is 3.34. The second-order valence-corrected chi connectivity index (χ2v) is 8.05. The van der Waals surface area contributed by atoms with Crippen LogP contribution in [0.2, 0.25) is 0 Å². The van der Waals surface area contributed by atoms with E-state index in [1.165, 1.54) is 6.20 Å². The van der Waals surface area contributed by atoms with Crippen LogP contribution in [0, 0.1) is 0 Å². The zero-order valence-corrected chi connectivity index (χ0v) is 18.2. The van der Waals surface area contributed by atoms with Crippen LogP contribution in [-0.4, -0.2) is 33.2 Å². The van der Waals surface area contributed by atoms with Gasteiger partial charge in [0, 0.05) is 23.4 Å². The molecule has 0 spiro atoms. The summed E-state index contributed by atoms with van der Waals surface area (Å²) < 4.78 is 7.13. The quantitative estimate of drug-likeness (QED) is 0.543. The van der Waals surface area contributed by atoms with Crippen LogP contribution in [0.15, 0.2) is 66.0 Å². The van der Waals surface area contributed by atoms with Gasteiger partial charge in [-0.1, -0.05) is 12.1 Å². The summed E-state index contributed by atoms with van der Waals surface area (Å²) in [6.07, 6.45) is 3.48. The van der Waals surface area contributed by atoms with Crippen molar-refractivity contribution in [2.45, 2.75) is 32.2 Å². The van der Waals surface area contributed by atoms with Gasteiger partial charge in [-0.2, -0.15) is 5.10 Å². The van der Waals surface area contributed by atoms with Crippen molar-refractivity contribution in [3.05, 3.63) is 77.1 Å². The van der Waals surface area contributed by atoms with E-state index in [0.717, 1.165) is 29.9 Å². The van der Waals surface area contributed by atoms with Gasteiger partial charge in [-0.05, 0) is 61.7 Å². The number of anilines is 2. The molecule has 1 atom stereocenters. The molecule has 1 amide bonds. The molecule has 2 aromatic carbocycles. The molecule has 8 heteroatoms. The number of carbonyl (C=O) groups excluding carboxylic acids is 2. The first-order valence-electron chi connectivity index (χ1n) is 11.0. The highest BCUT2D eigenvalue weighted by molar-refractivity contribution is 6.08. The van der Waals surface area contributed by atoms with Gasteiger partial charge < -0.3 is 20.5 Å². The van der Waals surface area contributed by atoms with Gasteiger partial charge in [-0.25, -0.2) is 4.68 Å². The molecular weight excluding hydrogens is 420 g/mol. The Morgan fingerprint density at radius 1 is 1.18 bits per heavy atom. The normalized spacial score (nSPS) is 17.1. The number of nitrogens with one attached hydrogen (secondary N) is 2. The van der Waals surface area contributed by atoms with Crippen molar-refractivity contribution in [1.82, 2.24) is 9.78 Å². The summed E-state index contributed by atoms with van der Waals surface area (Å²) in [6.45, 7) is 2.49. The first-order chi connectivity index (χ1) is 16.0. The number of amides is 1. The van der Waals surface area contributed by atoms with Crippen LogP contribution < -0.4 is 15.4 Å². The van der Waals surface area contributed by atoms with Crippen molar-refractivity contribution in [3.63, 3.8) is 0 Å². The van der Waals surface area contributed by atoms with Gasteiger partial charge in [-0.3, -0.25) is 9.59 Å². The number of benzene rings is 2. The zero-order valence-electron chi connectivity index (χ0n) is 18.2. The number of ketones is 1. The third-order valence-electron chi connectivity index (χ3n) is 5.92. The standard InChI is InChI=1S/C25H24N4O4/c1-2-33-18-12-8-16(9-13-18)27-25(32)19-14-26-29-23(15-6-10-17(30)11-7-15)22-20(28-24(19)29)4-3-5-21(22)31/h6-14,23,28,30H,2-5H2,1H3,(H,27,32)/t23-/m1/s1. The van der Waals surface area contributed by atoms with Gasteiger partial charge in [-0.15, -0.1) is 0 Å². The van der Waals surface area contributed by atoms with E-state index in [1.807, 2.05) is 6.92 Å². The molecule has 1 aliphatic carbocycles. The Bertz CT molecular complexity index is 1240. The summed E-state index contributed by atoms with van der Waals surface area (Å²) in [6, 6.07) is 13.5. The summed E-state index contributed by atoms with van der Waals surface area (Å²) in [4.78, 5) is 26.0. The van der Waals surface area contributed by atoms with E-state index in [2.05, 4.69) is 15.7 Å². The Labute approximate surface area is 190 Å². The van der Waals surface area contributed by atoms with Crippen LogP contribution in [0.4, 0.5) is 11.5 Å². The highest BCUT2D eigenvalue weighted by Crippen LogP contribution is 2.41. The Kier molecular flexibility index (Phi) is 5.34. The monoisotopic (exact) mass is 444 g/mol. The number of fused-ring (bicyclic) bond motifs is 1. The molecule has 0 saturated heterocycles. The molecule has 0 fully saturated rings. The number of aromatic nitrogens is 2. The van der Waals surface area contributed by atoms with Gasteiger partial charge in [0.25, 0.3) is 5.91 Å². The summed E-state index contributed by atoms with van der Waals surface area (Å²) in [5.74, 6) is 1.20. The smallest absolute Gasteiger partial charge is 0.261 e. The largest absolute Gasteiger partial charge is 0.508 e. The van der Waals surface area contributed by atoms with E-state index in [9.17, 15) is 14.7 Å². The van der Waals surface area contributed by atoms with Gasteiger partial charge >= 0.3 is 0 Å². The van der Waals surface area contributed by atoms with Crippen molar-refractivity contribution in [2.24, 2.45) is 0 Å². The lowest BCUT2D eigenvalue weighted by Crippen LogP contribution is -2.32. The number of carbonyl (C=O) groups is 2. The lowest BCUT2D eigenvalue weighted by molar-refractivity contribution is -0.116. The van der Waals surface area contributed by atoms with Gasteiger partial charge in [0.2, 0.25) is 0 Å². The minimum atomic E-state index is -0.461. The van der Waals surface area contributed by atoms with Crippen LogP contribution in [0.3, 0.4) is 0 Å². The van der Waals surface area contributed by atoms with E-state index >= 15 is 0 Å². The minimum Gasteiger partial charge on any atom is -0.508 e.